The van der Waals surface area contributed by atoms with E-state index in [-0.39, 0.29) is 5.16 Å². The van der Waals surface area contributed by atoms with Gasteiger partial charge in [0.2, 0.25) is 0 Å². The molecule has 6 nitrogen and oxygen atoms in total. The third kappa shape index (κ3) is 8.85. The molecule has 0 fully saturated rings. The number of methoxy groups -OCH3 is 6. The predicted octanol–water partition coefficient (Wildman–Crippen LogP) is 8.36. The van der Waals surface area contributed by atoms with Gasteiger partial charge in [0.05, 0.1) is 72.4 Å². The first-order chi connectivity index (χ1) is 27.2. The zero-order valence-electron chi connectivity index (χ0n) is 33.6. The van der Waals surface area contributed by atoms with Crippen LogP contribution in [-0.2, 0) is 0 Å². The predicted molar refractivity (Wildman–Crippen MR) is 241 cm³/mol. The Labute approximate surface area is 335 Å². The molecule has 0 aliphatic carbocycles. The van der Waals surface area contributed by atoms with Crippen molar-refractivity contribution in [2.45, 2.75) is 12.1 Å². The zero-order valence-corrected chi connectivity index (χ0v) is 36.2. The van der Waals surface area contributed by atoms with Crippen molar-refractivity contribution < 1.29 is 28.4 Å². The van der Waals surface area contributed by atoms with Crippen LogP contribution in [0.3, 0.4) is 0 Å². The molecule has 9 heteroatoms. The summed E-state index contributed by atoms with van der Waals surface area (Å²) in [4.78, 5) is 0. The molecule has 0 saturated heterocycles. The first-order valence-electron chi connectivity index (χ1n) is 18.5. The summed E-state index contributed by atoms with van der Waals surface area (Å²) in [6.45, 7) is 5.10. The van der Waals surface area contributed by atoms with E-state index in [4.69, 9.17) is 28.4 Å². The molecule has 0 saturated carbocycles. The van der Waals surface area contributed by atoms with E-state index in [0.29, 0.717) is 0 Å². The lowest BCUT2D eigenvalue weighted by atomic mass is 10.2. The van der Waals surface area contributed by atoms with Gasteiger partial charge in [-0.15, -0.1) is 0 Å². The Bertz CT molecular complexity index is 1880. The molecule has 0 N–H and O–H groups in total. The van der Waals surface area contributed by atoms with Crippen molar-refractivity contribution in [1.82, 2.24) is 0 Å². The van der Waals surface area contributed by atoms with Crippen LogP contribution >= 0.6 is 23.1 Å². The van der Waals surface area contributed by atoms with Crippen molar-refractivity contribution in [3.63, 3.8) is 0 Å². The van der Waals surface area contributed by atoms with Crippen molar-refractivity contribution >= 4 is 54.9 Å². The third-order valence-corrected chi connectivity index (χ3v) is 22.1. The number of hydrogen-bond acceptors (Lipinski definition) is 6. The van der Waals surface area contributed by atoms with Crippen LogP contribution in [0.25, 0.3) is 0 Å². The van der Waals surface area contributed by atoms with E-state index in [1.807, 2.05) is 0 Å². The van der Waals surface area contributed by atoms with E-state index >= 15 is 0 Å². The fourth-order valence-corrected chi connectivity index (χ4v) is 18.5. The van der Waals surface area contributed by atoms with E-state index in [9.17, 15) is 0 Å². The molecule has 0 aromatic heterocycles. The lowest BCUT2D eigenvalue weighted by molar-refractivity contribution is 0.415. The Balaban J connectivity index is 1.63. The van der Waals surface area contributed by atoms with E-state index in [1.54, 1.807) is 42.7 Å². The topological polar surface area (TPSA) is 55.4 Å². The zero-order chi connectivity index (χ0) is 39.7. The van der Waals surface area contributed by atoms with Crippen LogP contribution in [0.1, 0.15) is 6.92 Å². The molecule has 0 aliphatic heterocycles. The minimum absolute atomic E-state index is 0.257. The van der Waals surface area contributed by atoms with E-state index < -0.39 is 23.1 Å². The molecule has 0 aliphatic rings. The molecule has 6 aromatic carbocycles. The molecular formula is C47H52O6P3+. The summed E-state index contributed by atoms with van der Waals surface area (Å²) in [6, 6.07) is 52.4. The molecule has 290 valence electrons. The largest absolute Gasteiger partial charge is 0.497 e. The summed E-state index contributed by atoms with van der Waals surface area (Å²) in [5, 5.41) is 7.58. The van der Waals surface area contributed by atoms with Gasteiger partial charge in [0, 0.05) is 12.3 Å². The van der Waals surface area contributed by atoms with Gasteiger partial charge < -0.3 is 28.4 Å². The maximum atomic E-state index is 5.70. The van der Waals surface area contributed by atoms with Crippen LogP contribution in [-0.4, -0.2) is 66.8 Å². The van der Waals surface area contributed by atoms with Crippen molar-refractivity contribution in [1.29, 1.82) is 0 Å². The lowest BCUT2D eigenvalue weighted by Gasteiger charge is -2.44. The Hall–Kier alpha value is -4.59. The van der Waals surface area contributed by atoms with Gasteiger partial charge in [-0.25, -0.2) is 0 Å². The van der Waals surface area contributed by atoms with Gasteiger partial charge >= 0.3 is 0 Å². The van der Waals surface area contributed by atoms with Gasteiger partial charge in [-0.2, -0.15) is 0 Å². The second kappa shape index (κ2) is 18.6. The van der Waals surface area contributed by atoms with E-state index in [1.165, 1.54) is 31.8 Å². The smallest absolute Gasteiger partial charge is 0.119 e. The summed E-state index contributed by atoms with van der Waals surface area (Å²) in [5.41, 5.74) is 0. The highest BCUT2D eigenvalue weighted by molar-refractivity contribution is 7.91. The fourth-order valence-electron chi connectivity index (χ4n) is 7.26. The average molecular weight is 806 g/mol. The summed E-state index contributed by atoms with van der Waals surface area (Å²) < 4.78 is 34.0. The molecule has 0 atom stereocenters. The lowest BCUT2D eigenvalue weighted by Crippen LogP contribution is -2.47. The van der Waals surface area contributed by atoms with Gasteiger partial charge in [-0.05, 0) is 141 Å². The normalized spacial score (nSPS) is 11.7. The fraction of sp³-hybridized carbons (Fsp3) is 0.234. The highest BCUT2D eigenvalue weighted by atomic mass is 31.2. The van der Waals surface area contributed by atoms with Crippen LogP contribution in [0.2, 0.25) is 0 Å². The van der Waals surface area contributed by atoms with Crippen LogP contribution in [0.4, 0.5) is 0 Å². The number of hydrogen-bond donors (Lipinski definition) is 0. The maximum Gasteiger partial charge on any atom is 0.119 e. The molecule has 0 radical (unpaired) electrons. The van der Waals surface area contributed by atoms with Crippen LogP contribution < -0.4 is 60.2 Å². The summed E-state index contributed by atoms with van der Waals surface area (Å²) in [5.74, 6) is 5.06. The van der Waals surface area contributed by atoms with Crippen molar-refractivity contribution in [2.24, 2.45) is 0 Å². The van der Waals surface area contributed by atoms with E-state index in [0.717, 1.165) is 46.8 Å². The Morgan fingerprint density at radius 1 is 0.357 bits per heavy atom. The highest BCUT2D eigenvalue weighted by Crippen LogP contribution is 2.69. The van der Waals surface area contributed by atoms with Gasteiger partial charge in [-0.3, -0.25) is 0 Å². The second-order valence-corrected chi connectivity index (χ2v) is 22.4. The minimum Gasteiger partial charge on any atom is -0.497 e. The minimum atomic E-state index is -2.29. The molecule has 0 amide bonds. The molecule has 0 heterocycles. The second-order valence-electron chi connectivity index (χ2n) is 13.9. The quantitative estimate of drug-likeness (QED) is 0.0865. The Morgan fingerprint density at radius 3 is 0.750 bits per heavy atom. The van der Waals surface area contributed by atoms with Crippen molar-refractivity contribution in [3.05, 3.63) is 146 Å². The highest BCUT2D eigenvalue weighted by Gasteiger charge is 2.57. The van der Waals surface area contributed by atoms with Gasteiger partial charge in [-0.1, -0.05) is 48.5 Å². The van der Waals surface area contributed by atoms with Gasteiger partial charge in [0.25, 0.3) is 0 Å². The molecule has 0 spiro atoms. The number of benzene rings is 6. The average Bonchev–Trinajstić information content (AvgIpc) is 3.27. The standard InChI is InChI=1S/C47H52O6P3/c1-47(33-54(41-21-9-35(48-2)10-22-41)42-23-11-36(49-3)12-24-42,34-55(43-25-13-37(50-4)14-26-43)44-27-15-38(51-5)16-28-44)56(8,45-29-17-39(52-6)18-30-45)46-31-19-40(53-7)20-32-46/h9-32H,33-34H2,1-8H3/q+1. The van der Waals surface area contributed by atoms with Crippen molar-refractivity contribution in [3.8, 4) is 34.5 Å². The molecule has 56 heavy (non-hydrogen) atoms. The first-order valence-corrected chi connectivity index (χ1v) is 23.7. The molecule has 0 unspecified atom stereocenters. The summed E-state index contributed by atoms with van der Waals surface area (Å²) in [6.07, 6.45) is 1.85. The SMILES string of the molecule is COc1ccc(P(CC(C)(CP(c2ccc(OC)cc2)c2ccc(OC)cc2)[P+](C)(c2ccc(OC)cc2)c2ccc(OC)cc2)c2ccc(OC)cc2)cc1. The van der Waals surface area contributed by atoms with Gasteiger partial charge in [0.15, 0.2) is 0 Å². The first kappa shape index (κ1) is 41.1. The maximum absolute atomic E-state index is 5.70. The number of rotatable bonds is 17. The number of ether oxygens (including phenoxy) is 6. The van der Waals surface area contributed by atoms with Gasteiger partial charge in [0.1, 0.15) is 34.5 Å². The third-order valence-electron chi connectivity index (χ3n) is 10.8. The summed E-state index contributed by atoms with van der Waals surface area (Å²) >= 11 is 0. The summed E-state index contributed by atoms with van der Waals surface area (Å²) in [7, 11) is 6.29. The van der Waals surface area contributed by atoms with E-state index in [2.05, 4.69) is 159 Å². The molecular weight excluding hydrogens is 753 g/mol. The monoisotopic (exact) mass is 805 g/mol. The van der Waals surface area contributed by atoms with Crippen molar-refractivity contribution in [2.75, 3.05) is 61.6 Å². The molecule has 0 bridgehead atoms. The Morgan fingerprint density at radius 2 is 0.554 bits per heavy atom. The molecule has 6 rings (SSSR count). The van der Waals surface area contributed by atoms with Crippen LogP contribution in [0, 0.1) is 0 Å². The van der Waals surface area contributed by atoms with Crippen LogP contribution in [0.15, 0.2) is 146 Å². The Kier molecular flexibility index (Phi) is 13.6. The van der Waals surface area contributed by atoms with Crippen LogP contribution in [0.5, 0.6) is 34.5 Å². The molecule has 6 aromatic rings.